The molecule has 5 heteroatoms. The Morgan fingerprint density at radius 1 is 1.09 bits per heavy atom. The fraction of sp³-hybridized carbons (Fsp3) is 0.667. The van der Waals surface area contributed by atoms with Crippen molar-refractivity contribution in [2.45, 2.75) is 38.5 Å². The van der Waals surface area contributed by atoms with Gasteiger partial charge >= 0.3 is 0 Å². The minimum absolute atomic E-state index is 0.260. The van der Waals surface area contributed by atoms with Crippen molar-refractivity contribution in [1.82, 2.24) is 4.90 Å². The van der Waals surface area contributed by atoms with Gasteiger partial charge in [0.25, 0.3) is 0 Å². The maximum absolute atomic E-state index is 12.7. The van der Waals surface area contributed by atoms with Crippen molar-refractivity contribution in [3.05, 3.63) is 23.8 Å². The van der Waals surface area contributed by atoms with Gasteiger partial charge in [-0.15, -0.1) is 0 Å². The van der Waals surface area contributed by atoms with Crippen LogP contribution in [0.25, 0.3) is 0 Å². The number of hydrogen-bond acceptors (Lipinski definition) is 3. The van der Waals surface area contributed by atoms with Crippen LogP contribution in [0.4, 0.5) is 20.2 Å². The first-order valence-corrected chi connectivity index (χ1v) is 8.57. The van der Waals surface area contributed by atoms with Gasteiger partial charge in [0.05, 0.1) is 0 Å². The summed E-state index contributed by atoms with van der Waals surface area (Å²) < 4.78 is 25.3. The minimum atomic E-state index is -2.35. The Balaban J connectivity index is 1.65. The second kappa shape index (κ2) is 6.63. The van der Waals surface area contributed by atoms with Gasteiger partial charge in [0, 0.05) is 30.9 Å². The summed E-state index contributed by atoms with van der Waals surface area (Å²) in [6.45, 7) is 4.42. The van der Waals surface area contributed by atoms with E-state index < -0.39 is 6.43 Å². The molecular weight excluding hydrogens is 296 g/mol. The number of halogens is 2. The molecule has 1 aromatic carbocycles. The molecule has 0 aliphatic carbocycles. The van der Waals surface area contributed by atoms with E-state index in [1.54, 1.807) is 6.07 Å². The van der Waals surface area contributed by atoms with Gasteiger partial charge in [0.2, 0.25) is 6.43 Å². The van der Waals surface area contributed by atoms with E-state index in [0.717, 1.165) is 18.8 Å². The summed E-state index contributed by atoms with van der Waals surface area (Å²) in [4.78, 5) is 4.74. The summed E-state index contributed by atoms with van der Waals surface area (Å²) in [5.41, 5.74) is 8.41. The number of likely N-dealkylation sites (tertiary alicyclic amines) is 1. The molecule has 0 saturated carbocycles. The minimum Gasteiger partial charge on any atom is -0.399 e. The third-order valence-corrected chi connectivity index (χ3v) is 5.74. The summed E-state index contributed by atoms with van der Waals surface area (Å²) in [5, 5.41) is 0. The molecule has 2 aliphatic rings. The van der Waals surface area contributed by atoms with Crippen LogP contribution in [0.2, 0.25) is 0 Å². The van der Waals surface area contributed by atoms with E-state index in [2.05, 4.69) is 16.8 Å². The Morgan fingerprint density at radius 2 is 1.70 bits per heavy atom. The fourth-order valence-electron chi connectivity index (χ4n) is 3.96. The monoisotopic (exact) mass is 323 g/mol. The number of alkyl halides is 2. The summed E-state index contributed by atoms with van der Waals surface area (Å²) in [6, 6.07) is 5.60. The molecule has 0 unspecified atom stereocenters. The van der Waals surface area contributed by atoms with Crippen LogP contribution < -0.4 is 10.6 Å². The Morgan fingerprint density at radius 3 is 2.30 bits per heavy atom. The Kier molecular flexibility index (Phi) is 4.76. The van der Waals surface area contributed by atoms with E-state index >= 15 is 0 Å². The van der Waals surface area contributed by atoms with Gasteiger partial charge in [0.1, 0.15) is 0 Å². The quantitative estimate of drug-likeness (QED) is 0.866. The van der Waals surface area contributed by atoms with Gasteiger partial charge in [0.15, 0.2) is 0 Å². The lowest BCUT2D eigenvalue weighted by Crippen LogP contribution is -2.46. The van der Waals surface area contributed by atoms with Gasteiger partial charge in [-0.1, -0.05) is 0 Å². The number of piperidine rings is 2. The predicted octanol–water partition coefficient (Wildman–Crippen LogP) is 3.39. The fourth-order valence-corrected chi connectivity index (χ4v) is 3.96. The first kappa shape index (κ1) is 16.5. The number of benzene rings is 1. The van der Waals surface area contributed by atoms with Gasteiger partial charge < -0.3 is 15.5 Å². The van der Waals surface area contributed by atoms with Crippen LogP contribution in [-0.4, -0.2) is 44.6 Å². The third kappa shape index (κ3) is 3.77. The smallest absolute Gasteiger partial charge is 0.242 e. The topological polar surface area (TPSA) is 32.5 Å². The number of anilines is 2. The zero-order valence-corrected chi connectivity index (χ0v) is 13.9. The molecule has 0 amide bonds. The molecule has 0 aromatic heterocycles. The Hall–Kier alpha value is -1.36. The van der Waals surface area contributed by atoms with Gasteiger partial charge in [-0.3, -0.25) is 0 Å². The largest absolute Gasteiger partial charge is 0.399 e. The zero-order chi connectivity index (χ0) is 16.4. The van der Waals surface area contributed by atoms with Crippen LogP contribution in [0.5, 0.6) is 0 Å². The van der Waals surface area contributed by atoms with Crippen molar-refractivity contribution in [3.63, 3.8) is 0 Å². The number of rotatable bonds is 3. The van der Waals surface area contributed by atoms with Crippen molar-refractivity contribution in [2.24, 2.45) is 5.41 Å². The van der Waals surface area contributed by atoms with Crippen molar-refractivity contribution >= 4 is 11.4 Å². The highest BCUT2D eigenvalue weighted by molar-refractivity contribution is 5.59. The van der Waals surface area contributed by atoms with Crippen molar-refractivity contribution in [3.8, 4) is 0 Å². The Labute approximate surface area is 137 Å². The Bertz CT molecular complexity index is 529. The number of nitrogens with zero attached hydrogens (tertiary/aromatic N) is 2. The van der Waals surface area contributed by atoms with Crippen molar-refractivity contribution < 1.29 is 8.78 Å². The van der Waals surface area contributed by atoms with Crippen LogP contribution in [0.1, 0.15) is 31.2 Å². The molecule has 1 aromatic rings. The molecule has 2 heterocycles. The third-order valence-electron chi connectivity index (χ3n) is 5.74. The molecule has 3 rings (SSSR count). The predicted molar refractivity (Wildman–Crippen MR) is 91.2 cm³/mol. The zero-order valence-electron chi connectivity index (χ0n) is 13.9. The van der Waals surface area contributed by atoms with Gasteiger partial charge in [-0.2, -0.15) is 0 Å². The van der Waals surface area contributed by atoms with E-state index in [-0.39, 0.29) is 6.42 Å². The van der Waals surface area contributed by atoms with Crippen LogP contribution in [-0.2, 0) is 6.42 Å². The van der Waals surface area contributed by atoms with E-state index in [1.165, 1.54) is 38.8 Å². The van der Waals surface area contributed by atoms with E-state index in [0.29, 0.717) is 16.7 Å². The lowest BCUT2D eigenvalue weighted by atomic mass is 9.71. The normalized spacial score (nSPS) is 22.0. The molecule has 2 aliphatic heterocycles. The molecule has 2 N–H and O–H groups in total. The van der Waals surface area contributed by atoms with Crippen molar-refractivity contribution in [1.29, 1.82) is 0 Å². The standard InChI is InChI=1S/C18H27F2N3/c1-22-8-4-18(5-9-22)6-10-23(11-7-18)15-2-3-16(21)14(12-15)13-17(19)20/h2-3,12,17H,4-11,13,21H2,1H3. The lowest BCUT2D eigenvalue weighted by molar-refractivity contribution is 0.0945. The lowest BCUT2D eigenvalue weighted by Gasteiger charge is -2.47. The SMILES string of the molecule is CN1CCC2(CC1)CCN(c1ccc(N)c(CC(F)F)c1)CC2. The highest BCUT2D eigenvalue weighted by Gasteiger charge is 2.36. The van der Waals surface area contributed by atoms with Gasteiger partial charge in [-0.05, 0) is 75.0 Å². The summed E-state index contributed by atoms with van der Waals surface area (Å²) >= 11 is 0. The van der Waals surface area contributed by atoms with Crippen LogP contribution in [0.3, 0.4) is 0 Å². The molecule has 0 radical (unpaired) electrons. The van der Waals surface area contributed by atoms with E-state index in [9.17, 15) is 8.78 Å². The molecular formula is C18H27F2N3. The number of nitrogen functional groups attached to an aromatic ring is 1. The first-order chi connectivity index (χ1) is 11.0. The second-order valence-electron chi connectivity index (χ2n) is 7.27. The van der Waals surface area contributed by atoms with E-state index in [1.807, 2.05) is 12.1 Å². The number of nitrogens with two attached hydrogens (primary N) is 1. The van der Waals surface area contributed by atoms with Crippen LogP contribution in [0, 0.1) is 5.41 Å². The van der Waals surface area contributed by atoms with Gasteiger partial charge in [-0.25, -0.2) is 8.78 Å². The second-order valence-corrected chi connectivity index (χ2v) is 7.27. The van der Waals surface area contributed by atoms with E-state index in [4.69, 9.17) is 5.73 Å². The molecule has 128 valence electrons. The highest BCUT2D eigenvalue weighted by Crippen LogP contribution is 2.42. The molecule has 0 bridgehead atoms. The summed E-state index contributed by atoms with van der Waals surface area (Å²) in [7, 11) is 2.20. The van der Waals surface area contributed by atoms with Crippen molar-refractivity contribution in [2.75, 3.05) is 43.9 Å². The molecule has 1 spiro atoms. The maximum atomic E-state index is 12.7. The van der Waals surface area contributed by atoms with Crippen LogP contribution in [0.15, 0.2) is 18.2 Å². The first-order valence-electron chi connectivity index (χ1n) is 8.57. The summed E-state index contributed by atoms with van der Waals surface area (Å²) in [6.07, 6.45) is 2.37. The number of hydrogen-bond donors (Lipinski definition) is 1. The van der Waals surface area contributed by atoms with Crippen LogP contribution >= 0.6 is 0 Å². The average molecular weight is 323 g/mol. The molecule has 0 atom stereocenters. The maximum Gasteiger partial charge on any atom is 0.242 e. The highest BCUT2D eigenvalue weighted by atomic mass is 19.3. The average Bonchev–Trinajstić information content (AvgIpc) is 2.53. The molecule has 2 fully saturated rings. The molecule has 3 nitrogen and oxygen atoms in total. The summed E-state index contributed by atoms with van der Waals surface area (Å²) in [5.74, 6) is 0. The molecule has 23 heavy (non-hydrogen) atoms. The molecule has 2 saturated heterocycles.